The maximum Gasteiger partial charge on any atom is 0.243 e. The van der Waals surface area contributed by atoms with E-state index in [0.717, 1.165) is 22.6 Å². The minimum absolute atomic E-state index is 0.00193. The van der Waals surface area contributed by atoms with E-state index in [-0.39, 0.29) is 23.9 Å². The van der Waals surface area contributed by atoms with Crippen LogP contribution in [0.2, 0.25) is 0 Å². The van der Waals surface area contributed by atoms with Crippen LogP contribution in [0.3, 0.4) is 0 Å². The van der Waals surface area contributed by atoms with Crippen LogP contribution in [0.25, 0.3) is 0 Å². The maximum absolute atomic E-state index is 13.0. The summed E-state index contributed by atoms with van der Waals surface area (Å²) in [6.45, 7) is 3.19. The van der Waals surface area contributed by atoms with Crippen molar-refractivity contribution >= 4 is 27.7 Å². The first-order valence-corrected chi connectivity index (χ1v) is 11.0. The summed E-state index contributed by atoms with van der Waals surface area (Å²) in [6, 6.07) is 12.7. The van der Waals surface area contributed by atoms with E-state index in [1.807, 2.05) is 31.2 Å². The Bertz CT molecular complexity index is 909. The second-order valence-corrected chi connectivity index (χ2v) is 9.25. The molecule has 8 heteroatoms. The van der Waals surface area contributed by atoms with Crippen molar-refractivity contribution in [3.63, 3.8) is 0 Å². The molecule has 0 spiro atoms. The van der Waals surface area contributed by atoms with Gasteiger partial charge in [-0.15, -0.1) is 11.8 Å². The largest absolute Gasteiger partial charge is 0.339 e. The van der Waals surface area contributed by atoms with Crippen LogP contribution in [-0.2, 0) is 14.8 Å². The lowest BCUT2D eigenvalue weighted by atomic mass is 10.2. The summed E-state index contributed by atoms with van der Waals surface area (Å²) >= 11 is 1.49. The number of thioether (sulfide) groups is 1. The fourth-order valence-corrected chi connectivity index (χ4v) is 5.24. The first-order chi connectivity index (χ1) is 12.9. The molecule has 1 fully saturated rings. The number of rotatable bonds is 5. The topological polar surface area (TPSA) is 57.7 Å². The van der Waals surface area contributed by atoms with Gasteiger partial charge in [-0.3, -0.25) is 4.79 Å². The molecule has 1 aliphatic heterocycles. The van der Waals surface area contributed by atoms with Gasteiger partial charge in [-0.25, -0.2) is 12.8 Å². The van der Waals surface area contributed by atoms with Crippen molar-refractivity contribution in [1.29, 1.82) is 0 Å². The number of sulfonamides is 1. The highest BCUT2D eigenvalue weighted by Crippen LogP contribution is 2.23. The monoisotopic (exact) mass is 408 g/mol. The quantitative estimate of drug-likeness (QED) is 0.714. The highest BCUT2D eigenvalue weighted by atomic mass is 32.2. The van der Waals surface area contributed by atoms with Crippen molar-refractivity contribution in [2.45, 2.75) is 16.7 Å². The predicted molar refractivity (Wildman–Crippen MR) is 104 cm³/mol. The van der Waals surface area contributed by atoms with Crippen LogP contribution in [0, 0.1) is 12.7 Å². The Morgan fingerprint density at radius 2 is 1.67 bits per heavy atom. The number of aryl methyl sites for hydroxylation is 1. The molecule has 144 valence electrons. The Kier molecular flexibility index (Phi) is 6.18. The zero-order valence-electron chi connectivity index (χ0n) is 15.0. The number of hydrogen-bond acceptors (Lipinski definition) is 4. The minimum Gasteiger partial charge on any atom is -0.339 e. The van der Waals surface area contributed by atoms with Gasteiger partial charge in [-0.05, 0) is 42.8 Å². The number of hydrogen-bond donors (Lipinski definition) is 0. The zero-order chi connectivity index (χ0) is 19.4. The Hall–Kier alpha value is -1.90. The van der Waals surface area contributed by atoms with Crippen molar-refractivity contribution in [1.82, 2.24) is 9.21 Å². The summed E-state index contributed by atoms with van der Waals surface area (Å²) in [7, 11) is -3.67. The molecule has 27 heavy (non-hydrogen) atoms. The molecule has 0 saturated carbocycles. The Balaban J connectivity index is 1.56. The third-order valence-corrected chi connectivity index (χ3v) is 7.56. The second-order valence-electron chi connectivity index (χ2n) is 6.29. The molecular weight excluding hydrogens is 387 g/mol. The average molecular weight is 409 g/mol. The lowest BCUT2D eigenvalue weighted by Crippen LogP contribution is -2.50. The van der Waals surface area contributed by atoms with Gasteiger partial charge in [0.05, 0.1) is 10.6 Å². The standard InChI is InChI=1S/C19H21FN2O3S2/c1-15-4-2-3-5-18(15)26-14-19(23)21-10-12-22(13-11-21)27(24,25)17-8-6-16(20)7-9-17/h2-9H,10-14H2,1H3. The predicted octanol–water partition coefficient (Wildman–Crippen LogP) is 2.76. The van der Waals surface area contributed by atoms with Gasteiger partial charge in [-0.1, -0.05) is 18.2 Å². The molecule has 1 amide bonds. The van der Waals surface area contributed by atoms with Crippen molar-refractivity contribution in [3.05, 3.63) is 59.9 Å². The highest BCUT2D eigenvalue weighted by molar-refractivity contribution is 8.00. The van der Waals surface area contributed by atoms with Gasteiger partial charge in [0.15, 0.2) is 0 Å². The molecule has 2 aromatic rings. The number of halogens is 1. The molecule has 3 rings (SSSR count). The van der Waals surface area contributed by atoms with E-state index in [1.165, 1.54) is 28.2 Å². The molecule has 0 aromatic heterocycles. The smallest absolute Gasteiger partial charge is 0.243 e. The molecule has 0 N–H and O–H groups in total. The summed E-state index contributed by atoms with van der Waals surface area (Å²) < 4.78 is 39.6. The van der Waals surface area contributed by atoms with Crippen LogP contribution in [0.5, 0.6) is 0 Å². The molecule has 0 atom stereocenters. The van der Waals surface area contributed by atoms with Gasteiger partial charge in [-0.2, -0.15) is 4.31 Å². The molecule has 0 aliphatic carbocycles. The molecule has 2 aromatic carbocycles. The molecule has 0 bridgehead atoms. The molecule has 0 radical (unpaired) electrons. The first-order valence-electron chi connectivity index (χ1n) is 8.60. The van der Waals surface area contributed by atoms with E-state index in [1.54, 1.807) is 4.90 Å². The number of piperazine rings is 1. The average Bonchev–Trinajstić information content (AvgIpc) is 2.67. The lowest BCUT2D eigenvalue weighted by molar-refractivity contribution is -0.129. The van der Waals surface area contributed by atoms with Crippen molar-refractivity contribution in [2.24, 2.45) is 0 Å². The minimum atomic E-state index is -3.67. The van der Waals surface area contributed by atoms with Crippen LogP contribution >= 0.6 is 11.8 Å². The fourth-order valence-electron chi connectivity index (χ4n) is 2.88. The van der Waals surface area contributed by atoms with Crippen molar-refractivity contribution in [2.75, 3.05) is 31.9 Å². The molecular formula is C19H21FN2O3S2. The third kappa shape index (κ3) is 4.69. The summed E-state index contributed by atoms with van der Waals surface area (Å²) in [4.78, 5) is 15.3. The van der Waals surface area contributed by atoms with Gasteiger partial charge in [0, 0.05) is 31.1 Å². The van der Waals surface area contributed by atoms with Crippen LogP contribution in [-0.4, -0.2) is 55.5 Å². The van der Waals surface area contributed by atoms with Gasteiger partial charge >= 0.3 is 0 Å². The molecule has 5 nitrogen and oxygen atoms in total. The number of carbonyl (C=O) groups is 1. The molecule has 0 unspecified atom stereocenters. The van der Waals surface area contributed by atoms with Crippen LogP contribution in [0.1, 0.15) is 5.56 Å². The summed E-state index contributed by atoms with van der Waals surface area (Å²) in [5, 5.41) is 0. The highest BCUT2D eigenvalue weighted by Gasteiger charge is 2.30. The molecule has 1 aliphatic rings. The molecule has 1 saturated heterocycles. The SMILES string of the molecule is Cc1ccccc1SCC(=O)N1CCN(S(=O)(=O)c2ccc(F)cc2)CC1. The van der Waals surface area contributed by atoms with Crippen molar-refractivity contribution < 1.29 is 17.6 Å². The number of nitrogens with zero attached hydrogens (tertiary/aromatic N) is 2. The van der Waals surface area contributed by atoms with Gasteiger partial charge in [0.25, 0.3) is 0 Å². The third-order valence-electron chi connectivity index (χ3n) is 4.49. The number of benzene rings is 2. The summed E-state index contributed by atoms with van der Waals surface area (Å²) in [6.07, 6.45) is 0. The van der Waals surface area contributed by atoms with Crippen LogP contribution < -0.4 is 0 Å². The van der Waals surface area contributed by atoms with Gasteiger partial charge in [0.2, 0.25) is 15.9 Å². The zero-order valence-corrected chi connectivity index (χ0v) is 16.6. The van der Waals surface area contributed by atoms with Gasteiger partial charge in [0.1, 0.15) is 5.82 Å². The summed E-state index contributed by atoms with van der Waals surface area (Å²) in [5.41, 5.74) is 1.13. The Morgan fingerprint density at radius 1 is 1.04 bits per heavy atom. The number of carbonyl (C=O) groups excluding carboxylic acids is 1. The van der Waals surface area contributed by atoms with Gasteiger partial charge < -0.3 is 4.90 Å². The number of amides is 1. The lowest BCUT2D eigenvalue weighted by Gasteiger charge is -2.34. The van der Waals surface area contributed by atoms with E-state index in [2.05, 4.69) is 0 Å². The van der Waals surface area contributed by atoms with E-state index < -0.39 is 15.8 Å². The van der Waals surface area contributed by atoms with Crippen LogP contribution in [0.15, 0.2) is 58.3 Å². The van der Waals surface area contributed by atoms with Crippen molar-refractivity contribution in [3.8, 4) is 0 Å². The van der Waals surface area contributed by atoms with E-state index >= 15 is 0 Å². The summed E-state index contributed by atoms with van der Waals surface area (Å²) in [5.74, 6) is -0.146. The fraction of sp³-hybridized carbons (Fsp3) is 0.316. The normalized spacial score (nSPS) is 15.7. The first kappa shape index (κ1) is 19.9. The van der Waals surface area contributed by atoms with E-state index in [0.29, 0.717) is 18.8 Å². The molecule has 1 heterocycles. The van der Waals surface area contributed by atoms with Crippen LogP contribution in [0.4, 0.5) is 4.39 Å². The Morgan fingerprint density at radius 3 is 2.30 bits per heavy atom. The Labute approximate surface area is 163 Å². The van der Waals surface area contributed by atoms with E-state index in [4.69, 9.17) is 0 Å². The maximum atomic E-state index is 13.0. The second kappa shape index (κ2) is 8.41. The van der Waals surface area contributed by atoms with E-state index in [9.17, 15) is 17.6 Å².